The van der Waals surface area contributed by atoms with Crippen LogP contribution in [0.1, 0.15) is 18.4 Å². The zero-order valence-corrected chi connectivity index (χ0v) is 16.2. The Morgan fingerprint density at radius 2 is 1.89 bits per heavy atom. The van der Waals surface area contributed by atoms with Crippen LogP contribution in [0.4, 0.5) is 4.39 Å². The number of likely N-dealkylation sites (tertiary alicyclic amines) is 1. The summed E-state index contributed by atoms with van der Waals surface area (Å²) in [6.45, 7) is 3.06. The first-order valence-electron chi connectivity index (χ1n) is 9.66. The number of benzene rings is 2. The Morgan fingerprint density at radius 3 is 2.64 bits per heavy atom. The van der Waals surface area contributed by atoms with Gasteiger partial charge in [0.15, 0.2) is 0 Å². The molecule has 2 aromatic carbocycles. The Bertz CT molecular complexity index is 776. The number of hydrogen-bond donors (Lipinski definition) is 1. The van der Waals surface area contributed by atoms with Gasteiger partial charge in [-0.15, -0.1) is 0 Å². The monoisotopic (exact) mass is 386 g/mol. The summed E-state index contributed by atoms with van der Waals surface area (Å²) in [5.41, 5.74) is 0.708. The van der Waals surface area contributed by atoms with E-state index in [-0.39, 0.29) is 17.6 Å². The van der Waals surface area contributed by atoms with Crippen molar-refractivity contribution in [2.24, 2.45) is 5.92 Å². The molecule has 0 bridgehead atoms. The molecule has 0 aromatic heterocycles. The highest BCUT2D eigenvalue weighted by Crippen LogP contribution is 2.21. The number of methoxy groups -OCH3 is 1. The van der Waals surface area contributed by atoms with E-state index in [1.165, 1.54) is 6.07 Å². The molecule has 1 amide bonds. The number of halogens is 1. The molecule has 1 N–H and O–H groups in total. The molecule has 1 aliphatic heterocycles. The summed E-state index contributed by atoms with van der Waals surface area (Å²) in [6, 6.07) is 14.2. The number of carbonyl (C=O) groups excluding carboxylic acids is 1. The highest BCUT2D eigenvalue weighted by atomic mass is 19.1. The molecule has 0 saturated carbocycles. The molecule has 0 radical (unpaired) electrons. The number of piperidine rings is 1. The number of carbonyl (C=O) groups is 1. The van der Waals surface area contributed by atoms with Crippen molar-refractivity contribution in [1.29, 1.82) is 0 Å². The minimum Gasteiger partial charge on any atom is -0.497 e. The summed E-state index contributed by atoms with van der Waals surface area (Å²) in [7, 11) is 1.61. The molecule has 1 heterocycles. The van der Waals surface area contributed by atoms with Crippen molar-refractivity contribution in [3.63, 3.8) is 0 Å². The topological polar surface area (TPSA) is 50.8 Å². The van der Waals surface area contributed by atoms with Gasteiger partial charge in [0, 0.05) is 24.1 Å². The van der Waals surface area contributed by atoms with Gasteiger partial charge in [0.2, 0.25) is 5.91 Å². The lowest BCUT2D eigenvalue weighted by Gasteiger charge is -2.31. The highest BCUT2D eigenvalue weighted by Gasteiger charge is 2.25. The van der Waals surface area contributed by atoms with E-state index in [4.69, 9.17) is 9.47 Å². The summed E-state index contributed by atoms with van der Waals surface area (Å²) in [5, 5.41) is 2.95. The largest absolute Gasteiger partial charge is 0.497 e. The summed E-state index contributed by atoms with van der Waals surface area (Å²) >= 11 is 0. The van der Waals surface area contributed by atoms with Gasteiger partial charge in [-0.25, -0.2) is 4.39 Å². The van der Waals surface area contributed by atoms with Gasteiger partial charge in [-0.05, 0) is 44.1 Å². The van der Waals surface area contributed by atoms with Gasteiger partial charge in [-0.3, -0.25) is 9.69 Å². The Morgan fingerprint density at radius 1 is 1.14 bits per heavy atom. The number of rotatable bonds is 8. The zero-order chi connectivity index (χ0) is 19.8. The van der Waals surface area contributed by atoms with Crippen LogP contribution in [0.3, 0.4) is 0 Å². The molecular formula is C22H27FN2O3. The first-order chi connectivity index (χ1) is 13.7. The van der Waals surface area contributed by atoms with Gasteiger partial charge in [0.25, 0.3) is 0 Å². The van der Waals surface area contributed by atoms with Crippen molar-refractivity contribution in [1.82, 2.24) is 10.2 Å². The molecule has 5 nitrogen and oxygen atoms in total. The number of nitrogens with one attached hydrogen (secondary N) is 1. The Balaban J connectivity index is 1.35. The van der Waals surface area contributed by atoms with Crippen LogP contribution >= 0.6 is 0 Å². The van der Waals surface area contributed by atoms with Crippen molar-refractivity contribution in [2.45, 2.75) is 19.4 Å². The number of hydrogen-bond acceptors (Lipinski definition) is 4. The summed E-state index contributed by atoms with van der Waals surface area (Å²) < 4.78 is 24.6. The molecule has 0 unspecified atom stereocenters. The maximum Gasteiger partial charge on any atom is 0.223 e. The molecule has 1 fully saturated rings. The maximum absolute atomic E-state index is 13.8. The van der Waals surface area contributed by atoms with Crippen LogP contribution in [0.15, 0.2) is 48.5 Å². The molecule has 0 atom stereocenters. The third-order valence-corrected chi connectivity index (χ3v) is 5.02. The maximum atomic E-state index is 13.8. The second kappa shape index (κ2) is 10.1. The van der Waals surface area contributed by atoms with Crippen molar-refractivity contribution < 1.29 is 18.7 Å². The lowest BCUT2D eigenvalue weighted by molar-refractivity contribution is -0.126. The number of nitrogens with zero attached hydrogens (tertiary/aromatic N) is 1. The molecule has 1 saturated heterocycles. The van der Waals surface area contributed by atoms with E-state index in [0.29, 0.717) is 25.3 Å². The van der Waals surface area contributed by atoms with Crippen LogP contribution in [-0.2, 0) is 11.3 Å². The van der Waals surface area contributed by atoms with Crippen LogP contribution < -0.4 is 14.8 Å². The average Bonchev–Trinajstić information content (AvgIpc) is 2.73. The highest BCUT2D eigenvalue weighted by molar-refractivity contribution is 5.78. The second-order valence-electron chi connectivity index (χ2n) is 6.96. The number of ether oxygens (including phenoxy) is 2. The van der Waals surface area contributed by atoms with Gasteiger partial charge in [0.05, 0.1) is 13.7 Å². The van der Waals surface area contributed by atoms with Crippen molar-refractivity contribution >= 4 is 5.91 Å². The van der Waals surface area contributed by atoms with E-state index in [0.717, 1.165) is 37.4 Å². The zero-order valence-electron chi connectivity index (χ0n) is 16.2. The molecular weight excluding hydrogens is 359 g/mol. The molecule has 6 heteroatoms. The third kappa shape index (κ3) is 5.70. The Hall–Kier alpha value is -2.60. The van der Waals surface area contributed by atoms with E-state index in [9.17, 15) is 9.18 Å². The predicted octanol–water partition coefficient (Wildman–Crippen LogP) is 3.24. The fourth-order valence-corrected chi connectivity index (χ4v) is 3.40. The first-order valence-corrected chi connectivity index (χ1v) is 9.66. The normalized spacial score (nSPS) is 15.2. The predicted molar refractivity (Wildman–Crippen MR) is 106 cm³/mol. The molecule has 2 aromatic rings. The van der Waals surface area contributed by atoms with Gasteiger partial charge in [-0.1, -0.05) is 24.3 Å². The third-order valence-electron chi connectivity index (χ3n) is 5.02. The minimum atomic E-state index is -0.168. The van der Waals surface area contributed by atoms with Gasteiger partial charge in [-0.2, -0.15) is 0 Å². The molecule has 150 valence electrons. The lowest BCUT2D eigenvalue weighted by Crippen LogP contribution is -2.41. The molecule has 28 heavy (non-hydrogen) atoms. The van der Waals surface area contributed by atoms with E-state index in [1.807, 2.05) is 36.4 Å². The van der Waals surface area contributed by atoms with E-state index in [1.54, 1.807) is 13.2 Å². The van der Waals surface area contributed by atoms with Gasteiger partial charge >= 0.3 is 0 Å². The van der Waals surface area contributed by atoms with Crippen LogP contribution in [0, 0.1) is 11.7 Å². The Kier molecular flexibility index (Phi) is 7.25. The lowest BCUT2D eigenvalue weighted by atomic mass is 9.95. The average molecular weight is 386 g/mol. The van der Waals surface area contributed by atoms with Crippen LogP contribution in [0.2, 0.25) is 0 Å². The molecule has 1 aliphatic rings. The molecule has 0 aliphatic carbocycles. The fourth-order valence-electron chi connectivity index (χ4n) is 3.40. The van der Waals surface area contributed by atoms with Crippen LogP contribution in [0.25, 0.3) is 0 Å². The Labute approximate surface area is 165 Å². The molecule has 3 rings (SSSR count). The van der Waals surface area contributed by atoms with Gasteiger partial charge < -0.3 is 14.8 Å². The smallest absolute Gasteiger partial charge is 0.223 e. The summed E-state index contributed by atoms with van der Waals surface area (Å²) in [6.07, 6.45) is 1.58. The summed E-state index contributed by atoms with van der Waals surface area (Å²) in [4.78, 5) is 14.6. The van der Waals surface area contributed by atoms with E-state index < -0.39 is 0 Å². The quantitative estimate of drug-likeness (QED) is 0.708. The van der Waals surface area contributed by atoms with E-state index in [2.05, 4.69) is 10.2 Å². The van der Waals surface area contributed by atoms with Crippen molar-refractivity contribution in [3.05, 3.63) is 59.9 Å². The fraction of sp³-hybridized carbons (Fsp3) is 0.409. The van der Waals surface area contributed by atoms with Crippen LogP contribution in [-0.4, -0.2) is 44.2 Å². The first kappa shape index (κ1) is 20.1. The number of amides is 1. The second-order valence-corrected chi connectivity index (χ2v) is 6.96. The SMILES string of the molecule is COc1cccc(OCCNC(=O)C2CCN(Cc3ccccc3F)CC2)c1. The van der Waals surface area contributed by atoms with Crippen molar-refractivity contribution in [2.75, 3.05) is 33.4 Å². The van der Waals surface area contributed by atoms with E-state index >= 15 is 0 Å². The van der Waals surface area contributed by atoms with Crippen molar-refractivity contribution in [3.8, 4) is 11.5 Å². The molecule has 0 spiro atoms. The summed E-state index contributed by atoms with van der Waals surface area (Å²) in [5.74, 6) is 1.37. The standard InChI is InChI=1S/C22H27FN2O3/c1-27-19-6-4-7-20(15-19)28-14-11-24-22(26)17-9-12-25(13-10-17)16-18-5-2-3-8-21(18)23/h2-8,15,17H,9-14,16H2,1H3,(H,24,26). The van der Waals surface area contributed by atoms with Gasteiger partial charge in [0.1, 0.15) is 23.9 Å². The minimum absolute atomic E-state index is 0.00805. The van der Waals surface area contributed by atoms with Crippen LogP contribution in [0.5, 0.6) is 11.5 Å².